The summed E-state index contributed by atoms with van der Waals surface area (Å²) in [7, 11) is 0. The van der Waals surface area contributed by atoms with Gasteiger partial charge in [-0.15, -0.1) is 12.4 Å². The lowest BCUT2D eigenvalue weighted by atomic mass is 9.81. The number of carboxylic acid groups (broad SMARTS) is 1. The number of rotatable bonds is 5. The number of benzene rings is 1. The fourth-order valence-electron chi connectivity index (χ4n) is 4.25. The van der Waals surface area contributed by atoms with Crippen LogP contribution in [-0.2, 0) is 11.3 Å². The number of aliphatic carboxylic acids is 1. The van der Waals surface area contributed by atoms with Crippen LogP contribution in [0.3, 0.4) is 0 Å². The van der Waals surface area contributed by atoms with E-state index in [0.29, 0.717) is 37.5 Å². The number of non-ortho nitro benzene ring substituents is 1. The Morgan fingerprint density at radius 1 is 1.48 bits per heavy atom. The van der Waals surface area contributed by atoms with Gasteiger partial charge < -0.3 is 9.63 Å². The number of nitro benzene ring substituents is 1. The van der Waals surface area contributed by atoms with Crippen molar-refractivity contribution in [3.8, 4) is 11.4 Å². The lowest BCUT2D eigenvalue weighted by molar-refractivity contribution is -0.384. The lowest BCUT2D eigenvalue weighted by Crippen LogP contribution is -2.35. The summed E-state index contributed by atoms with van der Waals surface area (Å²) in [5.41, 5.74) is -0.179. The van der Waals surface area contributed by atoms with Gasteiger partial charge in [0.1, 0.15) is 0 Å². The summed E-state index contributed by atoms with van der Waals surface area (Å²) in [6.07, 6.45) is 2.61. The van der Waals surface area contributed by atoms with Gasteiger partial charge in [-0.1, -0.05) is 23.7 Å². The SMILES string of the molecule is Cl.O=C(O)[C@@]12CCC[C@H]1CN(Cc1nc(-c3cccc([N+](=O)[O-])c3)no1)C2. The Balaban J connectivity index is 0.00000210. The molecule has 2 aliphatic rings. The predicted octanol–water partition coefficient (Wildman–Crippen LogP) is 2.75. The second-order valence-corrected chi connectivity index (χ2v) is 7.04. The van der Waals surface area contributed by atoms with Gasteiger partial charge in [-0.3, -0.25) is 19.8 Å². The lowest BCUT2D eigenvalue weighted by Gasteiger charge is -2.23. The van der Waals surface area contributed by atoms with Crippen LogP contribution in [-0.4, -0.2) is 44.1 Å². The largest absolute Gasteiger partial charge is 0.481 e. The van der Waals surface area contributed by atoms with Crippen molar-refractivity contribution in [3.05, 3.63) is 40.3 Å². The molecule has 0 radical (unpaired) electrons. The Kier molecular flexibility index (Phi) is 5.16. The van der Waals surface area contributed by atoms with E-state index in [1.54, 1.807) is 12.1 Å². The number of carboxylic acids is 1. The highest BCUT2D eigenvalue weighted by molar-refractivity contribution is 5.85. The Morgan fingerprint density at radius 2 is 2.30 bits per heavy atom. The molecule has 2 fully saturated rings. The number of hydrogen-bond donors (Lipinski definition) is 1. The van der Waals surface area contributed by atoms with Crippen LogP contribution in [0.2, 0.25) is 0 Å². The number of likely N-dealkylation sites (tertiary alicyclic amines) is 1. The molecule has 1 aliphatic carbocycles. The first-order valence-corrected chi connectivity index (χ1v) is 8.51. The average Bonchev–Trinajstić information content (AvgIpc) is 3.29. The summed E-state index contributed by atoms with van der Waals surface area (Å²) in [4.78, 5) is 28.5. The Bertz CT molecular complexity index is 873. The normalized spacial score (nSPS) is 24.4. The molecule has 0 spiro atoms. The number of fused-ring (bicyclic) bond motifs is 1. The molecule has 0 bridgehead atoms. The van der Waals surface area contributed by atoms with Crippen LogP contribution in [0.4, 0.5) is 5.69 Å². The highest BCUT2D eigenvalue weighted by atomic mass is 35.5. The van der Waals surface area contributed by atoms with E-state index in [1.807, 2.05) is 4.90 Å². The van der Waals surface area contributed by atoms with Crippen LogP contribution in [0.25, 0.3) is 11.4 Å². The summed E-state index contributed by atoms with van der Waals surface area (Å²) in [6, 6.07) is 6.05. The molecule has 0 amide bonds. The molecular weight excluding hydrogens is 376 g/mol. The molecule has 1 aliphatic heterocycles. The number of nitrogens with zero attached hydrogens (tertiary/aromatic N) is 4. The van der Waals surface area contributed by atoms with Crippen molar-refractivity contribution >= 4 is 24.1 Å². The maximum absolute atomic E-state index is 11.7. The predicted molar refractivity (Wildman–Crippen MR) is 96.3 cm³/mol. The number of halogens is 1. The summed E-state index contributed by atoms with van der Waals surface area (Å²) < 4.78 is 5.28. The molecule has 1 aromatic heterocycles. The summed E-state index contributed by atoms with van der Waals surface area (Å²) in [5.74, 6) is 0.118. The van der Waals surface area contributed by atoms with Crippen LogP contribution in [0.5, 0.6) is 0 Å². The van der Waals surface area contributed by atoms with Crippen molar-refractivity contribution in [1.82, 2.24) is 15.0 Å². The monoisotopic (exact) mass is 394 g/mol. The van der Waals surface area contributed by atoms with Crippen LogP contribution in [0, 0.1) is 21.4 Å². The van der Waals surface area contributed by atoms with E-state index in [2.05, 4.69) is 10.1 Å². The molecule has 1 saturated carbocycles. The molecule has 4 rings (SSSR count). The van der Waals surface area contributed by atoms with E-state index < -0.39 is 16.3 Å². The van der Waals surface area contributed by atoms with Crippen LogP contribution in [0.1, 0.15) is 25.2 Å². The first-order chi connectivity index (χ1) is 12.5. The van der Waals surface area contributed by atoms with Crippen LogP contribution in [0.15, 0.2) is 28.8 Å². The van der Waals surface area contributed by atoms with Crippen LogP contribution < -0.4 is 0 Å². The average molecular weight is 395 g/mol. The number of nitro groups is 1. The molecule has 1 N–H and O–H groups in total. The van der Waals surface area contributed by atoms with E-state index >= 15 is 0 Å². The van der Waals surface area contributed by atoms with Gasteiger partial charge in [0, 0.05) is 30.8 Å². The number of aromatic nitrogens is 2. The highest BCUT2D eigenvalue weighted by Gasteiger charge is 2.54. The first-order valence-electron chi connectivity index (χ1n) is 8.51. The molecular formula is C17H19ClN4O5. The second kappa shape index (κ2) is 7.24. The van der Waals surface area contributed by atoms with Gasteiger partial charge in [0.05, 0.1) is 16.9 Å². The maximum Gasteiger partial charge on any atom is 0.311 e. The summed E-state index contributed by atoms with van der Waals surface area (Å²) >= 11 is 0. The second-order valence-electron chi connectivity index (χ2n) is 7.04. The van der Waals surface area contributed by atoms with Gasteiger partial charge in [-0.25, -0.2) is 0 Å². The Hall–Kier alpha value is -2.52. The van der Waals surface area contributed by atoms with Gasteiger partial charge in [0.2, 0.25) is 11.7 Å². The van der Waals surface area contributed by atoms with Gasteiger partial charge in [-0.05, 0) is 18.8 Å². The van der Waals surface area contributed by atoms with Crippen molar-refractivity contribution in [2.75, 3.05) is 13.1 Å². The molecule has 2 atom stereocenters. The minimum Gasteiger partial charge on any atom is -0.481 e. The van der Waals surface area contributed by atoms with E-state index in [0.717, 1.165) is 12.8 Å². The minimum absolute atomic E-state index is 0. The quantitative estimate of drug-likeness (QED) is 0.606. The standard InChI is InChI=1S/C17H18N4O5.ClH/c22-16(23)17-6-2-4-12(17)8-20(10-17)9-14-18-15(19-26-14)11-3-1-5-13(7-11)21(24)25;/h1,3,5,7,12H,2,4,6,8-10H2,(H,22,23);1H/t12-,17+;/m0./s1. The number of carbonyl (C=O) groups is 1. The minimum atomic E-state index is -0.717. The molecule has 1 saturated heterocycles. The number of hydrogen-bond acceptors (Lipinski definition) is 7. The topological polar surface area (TPSA) is 123 Å². The van der Waals surface area contributed by atoms with Gasteiger partial charge in [0.15, 0.2) is 0 Å². The maximum atomic E-state index is 11.7. The first kappa shape index (κ1) is 19.2. The molecule has 1 aromatic carbocycles. The molecule has 10 heteroatoms. The highest BCUT2D eigenvalue weighted by Crippen LogP contribution is 2.49. The van der Waals surface area contributed by atoms with Gasteiger partial charge in [0.25, 0.3) is 5.69 Å². The zero-order chi connectivity index (χ0) is 18.3. The Morgan fingerprint density at radius 3 is 3.00 bits per heavy atom. The zero-order valence-electron chi connectivity index (χ0n) is 14.4. The molecule has 144 valence electrons. The Labute approximate surface area is 160 Å². The van der Waals surface area contributed by atoms with Crippen molar-refractivity contribution < 1.29 is 19.3 Å². The summed E-state index contributed by atoms with van der Waals surface area (Å²) in [5, 5.41) is 24.4. The van der Waals surface area contributed by atoms with E-state index in [-0.39, 0.29) is 29.8 Å². The molecule has 2 heterocycles. The van der Waals surface area contributed by atoms with E-state index in [9.17, 15) is 20.0 Å². The van der Waals surface area contributed by atoms with Crippen molar-refractivity contribution in [2.24, 2.45) is 11.3 Å². The molecule has 9 nitrogen and oxygen atoms in total. The summed E-state index contributed by atoms with van der Waals surface area (Å²) in [6.45, 7) is 1.58. The molecule has 2 aromatic rings. The smallest absolute Gasteiger partial charge is 0.311 e. The van der Waals surface area contributed by atoms with Crippen molar-refractivity contribution in [1.29, 1.82) is 0 Å². The third kappa shape index (κ3) is 3.40. The van der Waals surface area contributed by atoms with Gasteiger partial charge >= 0.3 is 5.97 Å². The molecule has 0 unspecified atom stereocenters. The third-order valence-electron chi connectivity index (χ3n) is 5.51. The van der Waals surface area contributed by atoms with Crippen LogP contribution >= 0.6 is 12.4 Å². The van der Waals surface area contributed by atoms with Crippen molar-refractivity contribution in [2.45, 2.75) is 25.8 Å². The fourth-order valence-corrected chi connectivity index (χ4v) is 4.25. The van der Waals surface area contributed by atoms with E-state index in [1.165, 1.54) is 12.1 Å². The van der Waals surface area contributed by atoms with Gasteiger partial charge in [-0.2, -0.15) is 4.98 Å². The van der Waals surface area contributed by atoms with E-state index in [4.69, 9.17) is 4.52 Å². The fraction of sp³-hybridized carbons (Fsp3) is 0.471. The van der Waals surface area contributed by atoms with Crippen molar-refractivity contribution in [3.63, 3.8) is 0 Å². The molecule has 27 heavy (non-hydrogen) atoms. The third-order valence-corrected chi connectivity index (χ3v) is 5.51. The zero-order valence-corrected chi connectivity index (χ0v) is 15.2.